The molecule has 0 aromatic carbocycles. The summed E-state index contributed by atoms with van der Waals surface area (Å²) in [5.74, 6) is 0. The highest BCUT2D eigenvalue weighted by molar-refractivity contribution is 5.37. The van der Waals surface area contributed by atoms with Gasteiger partial charge >= 0.3 is 0 Å². The van der Waals surface area contributed by atoms with Crippen molar-refractivity contribution < 1.29 is 0 Å². The van der Waals surface area contributed by atoms with Gasteiger partial charge < -0.3 is 5.32 Å². The van der Waals surface area contributed by atoms with E-state index < -0.39 is 0 Å². The van der Waals surface area contributed by atoms with Crippen LogP contribution in [0.3, 0.4) is 0 Å². The summed E-state index contributed by atoms with van der Waals surface area (Å²) in [5.41, 5.74) is 1.96. The van der Waals surface area contributed by atoms with Gasteiger partial charge in [-0.3, -0.25) is 9.20 Å². The Balaban J connectivity index is 1.74. The summed E-state index contributed by atoms with van der Waals surface area (Å²) in [6.07, 6.45) is 5.42. The zero-order chi connectivity index (χ0) is 14.2. The number of rotatable bonds is 3. The molecule has 1 N–H and O–H groups in total. The molecule has 1 fully saturated rings. The first-order valence-corrected chi connectivity index (χ1v) is 7.24. The molecule has 0 spiro atoms. The van der Waals surface area contributed by atoms with Crippen LogP contribution in [0.25, 0.3) is 5.65 Å². The summed E-state index contributed by atoms with van der Waals surface area (Å²) >= 11 is 0. The molecule has 0 saturated heterocycles. The number of aromatic nitrogens is 2. The Morgan fingerprint density at radius 1 is 1.45 bits per heavy atom. The molecule has 1 aliphatic carbocycles. The number of nitrogens with one attached hydrogen (secondary N) is 1. The van der Waals surface area contributed by atoms with E-state index in [2.05, 4.69) is 24.1 Å². The van der Waals surface area contributed by atoms with Gasteiger partial charge in [-0.05, 0) is 36.8 Å². The zero-order valence-corrected chi connectivity index (χ0v) is 12.1. The first kappa shape index (κ1) is 13.3. The van der Waals surface area contributed by atoms with Crippen LogP contribution in [0, 0.1) is 5.41 Å². The Labute approximate surface area is 118 Å². The Hall–Kier alpha value is -1.68. The second-order valence-corrected chi connectivity index (χ2v) is 6.50. The van der Waals surface area contributed by atoms with E-state index in [0.29, 0.717) is 23.6 Å². The van der Waals surface area contributed by atoms with Crippen LogP contribution >= 0.6 is 0 Å². The Bertz CT molecular complexity index is 675. The second-order valence-electron chi connectivity index (χ2n) is 6.50. The van der Waals surface area contributed by atoms with Gasteiger partial charge in [-0.15, -0.1) is 0 Å². The smallest absolute Gasteiger partial charge is 0.258 e. The van der Waals surface area contributed by atoms with Crippen molar-refractivity contribution in [1.29, 1.82) is 0 Å². The van der Waals surface area contributed by atoms with Crippen molar-refractivity contribution in [2.24, 2.45) is 5.41 Å². The molecule has 0 amide bonds. The Morgan fingerprint density at radius 3 is 3.05 bits per heavy atom. The average Bonchev–Trinajstić information content (AvgIpc) is 2.76. The molecule has 2 aromatic heterocycles. The van der Waals surface area contributed by atoms with Crippen LogP contribution in [-0.4, -0.2) is 15.4 Å². The third-order valence-corrected chi connectivity index (χ3v) is 4.16. The van der Waals surface area contributed by atoms with Crippen LogP contribution in [0.4, 0.5) is 0 Å². The predicted octanol–water partition coefficient (Wildman–Crippen LogP) is 2.36. The lowest BCUT2D eigenvalue weighted by atomic mass is 9.92. The SMILES string of the molecule is CC1(C)CCC(NCc2cc(=O)n3ccccc3n2)C1. The first-order valence-electron chi connectivity index (χ1n) is 7.24. The fraction of sp³-hybridized carbons (Fsp3) is 0.500. The summed E-state index contributed by atoms with van der Waals surface area (Å²) < 4.78 is 1.57. The monoisotopic (exact) mass is 271 g/mol. The highest BCUT2D eigenvalue weighted by Crippen LogP contribution is 2.36. The maximum atomic E-state index is 12.0. The van der Waals surface area contributed by atoms with Gasteiger partial charge in [-0.2, -0.15) is 0 Å². The number of hydrogen-bond acceptors (Lipinski definition) is 3. The van der Waals surface area contributed by atoms with Gasteiger partial charge in [0.05, 0.1) is 5.69 Å². The van der Waals surface area contributed by atoms with Crippen LogP contribution in [0.15, 0.2) is 35.3 Å². The molecule has 106 valence electrons. The van der Waals surface area contributed by atoms with Gasteiger partial charge in [-0.1, -0.05) is 19.9 Å². The molecule has 0 bridgehead atoms. The van der Waals surface area contributed by atoms with E-state index in [0.717, 1.165) is 5.69 Å². The molecule has 4 nitrogen and oxygen atoms in total. The van der Waals surface area contributed by atoms with E-state index in [4.69, 9.17) is 0 Å². The highest BCUT2D eigenvalue weighted by Gasteiger charge is 2.30. The van der Waals surface area contributed by atoms with Gasteiger partial charge in [0.1, 0.15) is 5.65 Å². The van der Waals surface area contributed by atoms with Gasteiger partial charge in [-0.25, -0.2) is 4.98 Å². The molecule has 0 aliphatic heterocycles. The standard InChI is InChI=1S/C16H21N3O/c1-16(2)7-6-12(10-16)17-11-13-9-15(20)19-8-4-3-5-14(19)18-13/h3-5,8-9,12,17H,6-7,10-11H2,1-2H3. The summed E-state index contributed by atoms with van der Waals surface area (Å²) in [4.78, 5) is 16.5. The number of pyridine rings is 1. The fourth-order valence-electron chi connectivity index (χ4n) is 3.05. The maximum Gasteiger partial charge on any atom is 0.258 e. The van der Waals surface area contributed by atoms with Crippen molar-refractivity contribution in [2.75, 3.05) is 0 Å². The topological polar surface area (TPSA) is 46.4 Å². The van der Waals surface area contributed by atoms with Gasteiger partial charge in [0.2, 0.25) is 0 Å². The summed E-state index contributed by atoms with van der Waals surface area (Å²) in [6, 6.07) is 7.78. The molecule has 2 aromatic rings. The van der Waals surface area contributed by atoms with Gasteiger partial charge in [0.15, 0.2) is 0 Å². The molecule has 1 atom stereocenters. The highest BCUT2D eigenvalue weighted by atomic mass is 16.1. The molecule has 1 saturated carbocycles. The predicted molar refractivity (Wildman–Crippen MR) is 79.7 cm³/mol. The van der Waals surface area contributed by atoms with Crippen molar-refractivity contribution in [3.05, 3.63) is 46.5 Å². The molecular weight excluding hydrogens is 250 g/mol. The molecule has 4 heteroatoms. The maximum absolute atomic E-state index is 12.0. The quantitative estimate of drug-likeness (QED) is 0.932. The lowest BCUT2D eigenvalue weighted by molar-refractivity contribution is 0.364. The van der Waals surface area contributed by atoms with Crippen LogP contribution in [0.5, 0.6) is 0 Å². The minimum absolute atomic E-state index is 0.0147. The molecule has 1 unspecified atom stereocenters. The zero-order valence-electron chi connectivity index (χ0n) is 12.1. The van der Waals surface area contributed by atoms with Crippen molar-refractivity contribution in [3.8, 4) is 0 Å². The van der Waals surface area contributed by atoms with Crippen LogP contribution in [0.2, 0.25) is 0 Å². The van der Waals surface area contributed by atoms with Gasteiger partial charge in [0.25, 0.3) is 5.56 Å². The lowest BCUT2D eigenvalue weighted by Gasteiger charge is -2.17. The van der Waals surface area contributed by atoms with Crippen LogP contribution in [-0.2, 0) is 6.54 Å². The Kier molecular flexibility index (Phi) is 3.34. The van der Waals surface area contributed by atoms with Gasteiger partial charge in [0, 0.05) is 24.8 Å². The third kappa shape index (κ3) is 2.75. The molecular formula is C16H21N3O. The summed E-state index contributed by atoms with van der Waals surface area (Å²) in [7, 11) is 0. The van der Waals surface area contributed by atoms with E-state index in [1.54, 1.807) is 16.7 Å². The van der Waals surface area contributed by atoms with Crippen molar-refractivity contribution in [2.45, 2.75) is 45.7 Å². The van der Waals surface area contributed by atoms with Crippen molar-refractivity contribution >= 4 is 5.65 Å². The van der Waals surface area contributed by atoms with Crippen molar-refractivity contribution in [1.82, 2.24) is 14.7 Å². The van der Waals surface area contributed by atoms with E-state index >= 15 is 0 Å². The number of fused-ring (bicyclic) bond motifs is 1. The molecule has 20 heavy (non-hydrogen) atoms. The van der Waals surface area contributed by atoms with E-state index in [1.165, 1.54) is 19.3 Å². The van der Waals surface area contributed by atoms with Crippen LogP contribution in [0.1, 0.15) is 38.8 Å². The largest absolute Gasteiger partial charge is 0.308 e. The molecule has 3 rings (SSSR count). The third-order valence-electron chi connectivity index (χ3n) is 4.16. The van der Waals surface area contributed by atoms with E-state index in [1.807, 2.05) is 18.2 Å². The van der Waals surface area contributed by atoms with E-state index in [9.17, 15) is 4.79 Å². The number of hydrogen-bond donors (Lipinski definition) is 1. The molecule has 2 heterocycles. The lowest BCUT2D eigenvalue weighted by Crippen LogP contribution is -2.28. The second kappa shape index (κ2) is 5.02. The van der Waals surface area contributed by atoms with Crippen molar-refractivity contribution in [3.63, 3.8) is 0 Å². The first-order chi connectivity index (χ1) is 9.53. The Morgan fingerprint density at radius 2 is 2.30 bits per heavy atom. The molecule has 0 radical (unpaired) electrons. The fourth-order valence-corrected chi connectivity index (χ4v) is 3.05. The minimum Gasteiger partial charge on any atom is -0.308 e. The van der Waals surface area contributed by atoms with Crippen LogP contribution < -0.4 is 10.9 Å². The van der Waals surface area contributed by atoms with E-state index in [-0.39, 0.29) is 5.56 Å². The summed E-state index contributed by atoms with van der Waals surface area (Å²) in [6.45, 7) is 5.30. The molecule has 1 aliphatic rings. The number of nitrogens with zero attached hydrogens (tertiary/aromatic N) is 2. The normalized spacial score (nSPS) is 21.4. The summed E-state index contributed by atoms with van der Waals surface area (Å²) in [5, 5.41) is 3.53. The average molecular weight is 271 g/mol. The minimum atomic E-state index is -0.0147.